The molecule has 0 radical (unpaired) electrons. The molecular formula is C63H54N5Pt-. The minimum atomic E-state index is 0. The van der Waals surface area contributed by atoms with Gasteiger partial charge in [0.05, 0.1) is 11.7 Å². The summed E-state index contributed by atoms with van der Waals surface area (Å²) in [5.74, 6) is 1.57. The first kappa shape index (κ1) is 45.5. The zero-order valence-electron chi connectivity index (χ0n) is 39.8. The van der Waals surface area contributed by atoms with Crippen LogP contribution in [0.3, 0.4) is 0 Å². The number of rotatable bonds is 11. The SMILES string of the molecule is CC(C)c1cccc(C(C)C)c1-c1ccnc(-n2c3[c-]c(N(c4[c-]c(-n5[cH+]n(C(C)C)c6ccccc65)ccc4)c4c(-c5ccccc5)cccc4-c4ccccc4)ccc3c3ccccc32)c1.[Pt]. The number of imidazole rings is 1. The monoisotopic (exact) mass is 1080 g/mol. The Balaban J connectivity index is 0.00000553. The van der Waals surface area contributed by atoms with Crippen LogP contribution in [0.5, 0.6) is 0 Å². The van der Waals surface area contributed by atoms with Gasteiger partial charge in [0.1, 0.15) is 5.82 Å². The molecule has 11 aromatic rings. The first-order chi connectivity index (χ1) is 33.2. The van der Waals surface area contributed by atoms with Gasteiger partial charge in [-0.25, -0.2) is 14.1 Å². The molecule has 0 bridgehead atoms. The third kappa shape index (κ3) is 8.19. The maximum absolute atomic E-state index is 5.16. The molecular weight excluding hydrogens is 1020 g/mol. The summed E-state index contributed by atoms with van der Waals surface area (Å²) in [6.45, 7) is 13.6. The first-order valence-electron chi connectivity index (χ1n) is 23.9. The summed E-state index contributed by atoms with van der Waals surface area (Å²) in [6, 6.07) is 75.9. The van der Waals surface area contributed by atoms with Gasteiger partial charge in [-0.05, 0) is 94.8 Å². The van der Waals surface area contributed by atoms with E-state index in [4.69, 9.17) is 4.98 Å². The van der Waals surface area contributed by atoms with Crippen molar-refractivity contribution in [2.45, 2.75) is 59.4 Å². The van der Waals surface area contributed by atoms with Crippen molar-refractivity contribution in [1.82, 2.24) is 18.7 Å². The molecule has 0 aliphatic heterocycles. The minimum Gasteiger partial charge on any atom is -0.357 e. The van der Waals surface area contributed by atoms with Crippen LogP contribution in [0.25, 0.3) is 77.7 Å². The number of nitrogens with zero attached hydrogens (tertiary/aromatic N) is 5. The number of pyridine rings is 1. The van der Waals surface area contributed by atoms with Gasteiger partial charge < -0.3 is 9.47 Å². The summed E-state index contributed by atoms with van der Waals surface area (Å²) in [5.41, 5.74) is 17.7. The molecule has 0 saturated carbocycles. The topological polar surface area (TPSA) is 30.9 Å². The maximum atomic E-state index is 5.16. The number of hydrogen-bond donors (Lipinski definition) is 0. The van der Waals surface area contributed by atoms with Gasteiger partial charge in [-0.15, -0.1) is 29.7 Å². The van der Waals surface area contributed by atoms with Gasteiger partial charge in [0.15, 0.2) is 17.4 Å². The fourth-order valence-corrected chi connectivity index (χ4v) is 10.1. The molecule has 11 rings (SSSR count). The second kappa shape index (κ2) is 19.0. The zero-order chi connectivity index (χ0) is 46.5. The Morgan fingerprint density at radius 3 is 1.74 bits per heavy atom. The maximum Gasteiger partial charge on any atom is 0.188 e. The van der Waals surface area contributed by atoms with E-state index < -0.39 is 0 Å². The van der Waals surface area contributed by atoms with E-state index in [1.54, 1.807) is 0 Å². The van der Waals surface area contributed by atoms with Gasteiger partial charge in [-0.1, -0.05) is 166 Å². The van der Waals surface area contributed by atoms with Crippen molar-refractivity contribution in [3.05, 3.63) is 224 Å². The van der Waals surface area contributed by atoms with Gasteiger partial charge in [-0.3, -0.25) is 0 Å². The molecule has 0 N–H and O–H groups in total. The number of hydrogen-bond acceptors (Lipinski definition) is 2. The molecule has 3 heterocycles. The van der Waals surface area contributed by atoms with Gasteiger partial charge in [0.2, 0.25) is 0 Å². The largest absolute Gasteiger partial charge is 0.357 e. The molecule has 0 aliphatic carbocycles. The molecule has 0 saturated heterocycles. The van der Waals surface area contributed by atoms with Crippen LogP contribution in [-0.4, -0.2) is 18.7 Å². The Morgan fingerprint density at radius 1 is 0.507 bits per heavy atom. The Kier molecular flexibility index (Phi) is 12.5. The molecule has 0 fully saturated rings. The Hall–Kier alpha value is -7.33. The summed E-state index contributed by atoms with van der Waals surface area (Å²) in [6.07, 6.45) is 4.18. The summed E-state index contributed by atoms with van der Waals surface area (Å²) in [7, 11) is 0. The van der Waals surface area contributed by atoms with Gasteiger partial charge in [0.25, 0.3) is 0 Å². The third-order valence-electron chi connectivity index (χ3n) is 13.4. The van der Waals surface area contributed by atoms with E-state index >= 15 is 0 Å². The van der Waals surface area contributed by atoms with Crippen LogP contribution in [0.2, 0.25) is 0 Å². The standard InChI is InChI=1S/C63H54N5.Pt/c1-42(2)51-27-18-28-52(43(3)4)62(51)47-36-37-64-61(38-47)68-57-31-14-13-26-55(57)56-35-34-50(40-60(56)68)67(49-25-17-24-48(39-49)66-41-65(44(5)6)58-32-15-16-33-59(58)66)63-53(45-20-9-7-10-21-45)29-19-30-54(63)46-22-11-8-12-23-46;/h7-38,41-44H,1-6H3;/q-1;. The van der Waals surface area contributed by atoms with Gasteiger partial charge in [-0.2, -0.15) is 12.1 Å². The molecule has 8 aromatic carbocycles. The van der Waals surface area contributed by atoms with E-state index in [0.717, 1.165) is 78.1 Å². The van der Waals surface area contributed by atoms with Crippen molar-refractivity contribution in [2.75, 3.05) is 4.90 Å². The number of fused-ring (bicyclic) bond motifs is 4. The molecule has 69 heavy (non-hydrogen) atoms. The first-order valence-corrected chi connectivity index (χ1v) is 23.9. The smallest absolute Gasteiger partial charge is 0.188 e. The van der Waals surface area contributed by atoms with E-state index in [1.165, 1.54) is 27.8 Å². The summed E-state index contributed by atoms with van der Waals surface area (Å²) < 4.78 is 6.91. The van der Waals surface area contributed by atoms with Crippen molar-refractivity contribution in [2.24, 2.45) is 0 Å². The van der Waals surface area contributed by atoms with Crippen molar-refractivity contribution >= 4 is 49.9 Å². The molecule has 5 nitrogen and oxygen atoms in total. The zero-order valence-corrected chi connectivity index (χ0v) is 42.1. The van der Waals surface area contributed by atoms with Gasteiger partial charge in [0, 0.05) is 61.7 Å². The van der Waals surface area contributed by atoms with E-state index in [-0.39, 0.29) is 27.1 Å². The second-order valence-electron chi connectivity index (χ2n) is 18.6. The van der Waals surface area contributed by atoms with Crippen LogP contribution in [0.4, 0.5) is 17.1 Å². The quantitative estimate of drug-likeness (QED) is 0.121. The predicted molar refractivity (Wildman–Crippen MR) is 285 cm³/mol. The van der Waals surface area contributed by atoms with Crippen molar-refractivity contribution < 1.29 is 21.1 Å². The molecule has 0 amide bonds. The van der Waals surface area contributed by atoms with Crippen LogP contribution in [-0.2, 0) is 21.1 Å². The van der Waals surface area contributed by atoms with E-state index in [1.807, 2.05) is 6.20 Å². The third-order valence-corrected chi connectivity index (χ3v) is 13.4. The number of para-hydroxylation sites is 4. The van der Waals surface area contributed by atoms with Crippen molar-refractivity contribution in [3.8, 4) is 44.9 Å². The predicted octanol–water partition coefficient (Wildman–Crippen LogP) is 17.1. The summed E-state index contributed by atoms with van der Waals surface area (Å²) in [5, 5.41) is 2.26. The van der Waals surface area contributed by atoms with Crippen LogP contribution in [0.15, 0.2) is 201 Å². The fourth-order valence-electron chi connectivity index (χ4n) is 10.1. The number of benzene rings is 8. The molecule has 0 unspecified atom stereocenters. The minimum absolute atomic E-state index is 0. The van der Waals surface area contributed by atoms with Crippen LogP contribution < -0.4 is 4.90 Å². The van der Waals surface area contributed by atoms with Crippen LogP contribution >= 0.6 is 0 Å². The Morgan fingerprint density at radius 2 is 1.09 bits per heavy atom. The van der Waals surface area contributed by atoms with E-state index in [0.29, 0.717) is 11.8 Å². The molecule has 0 aliphatic rings. The molecule has 6 heteroatoms. The van der Waals surface area contributed by atoms with Crippen LogP contribution in [0.1, 0.15) is 70.5 Å². The molecule has 3 aromatic heterocycles. The Labute approximate surface area is 420 Å². The average molecular weight is 1080 g/mol. The van der Waals surface area contributed by atoms with Crippen LogP contribution in [0, 0.1) is 12.1 Å². The van der Waals surface area contributed by atoms with E-state index in [9.17, 15) is 0 Å². The summed E-state index contributed by atoms with van der Waals surface area (Å²) in [4.78, 5) is 7.53. The normalized spacial score (nSPS) is 11.6. The molecule has 0 spiro atoms. The number of aromatic nitrogens is 4. The van der Waals surface area contributed by atoms with E-state index in [2.05, 4.69) is 267 Å². The van der Waals surface area contributed by atoms with Gasteiger partial charge >= 0.3 is 0 Å². The fraction of sp³-hybridized carbons (Fsp3) is 0.143. The molecule has 342 valence electrons. The summed E-state index contributed by atoms with van der Waals surface area (Å²) >= 11 is 0. The molecule has 0 atom stereocenters. The van der Waals surface area contributed by atoms with Crippen molar-refractivity contribution in [1.29, 1.82) is 0 Å². The second-order valence-corrected chi connectivity index (χ2v) is 18.6. The number of anilines is 3. The average Bonchev–Trinajstić information content (AvgIpc) is 3.93. The van der Waals surface area contributed by atoms with Crippen molar-refractivity contribution in [3.63, 3.8) is 0 Å². The Bertz CT molecular complexity index is 3540.